The van der Waals surface area contributed by atoms with E-state index >= 15 is 0 Å². The number of aliphatic imine (C=N–C) groups is 2. The van der Waals surface area contributed by atoms with Gasteiger partial charge in [-0.2, -0.15) is 0 Å². The SMILES string of the molecule is CC(C)(C)c1ccccc1N=Cc1ccc(C=Nc2ccccc2C(C)(C)C)s1.[Br][Fe][Br]. The molecule has 0 fully saturated rings. The van der Waals surface area contributed by atoms with Gasteiger partial charge in [0, 0.05) is 22.2 Å². The average molecular weight is 618 g/mol. The Kier molecular flexibility index (Phi) is 10.6. The first-order chi connectivity index (χ1) is 15.1. The fourth-order valence-corrected chi connectivity index (χ4v) is 3.97. The van der Waals surface area contributed by atoms with E-state index in [1.54, 1.807) is 11.3 Å². The average Bonchev–Trinajstić information content (AvgIpc) is 3.18. The summed E-state index contributed by atoms with van der Waals surface area (Å²) in [7, 11) is 0. The van der Waals surface area contributed by atoms with Crippen molar-refractivity contribution < 1.29 is 11.3 Å². The minimum absolute atomic E-state index is 0.0711. The van der Waals surface area contributed by atoms with Crippen LogP contribution in [0.3, 0.4) is 0 Å². The van der Waals surface area contributed by atoms with Gasteiger partial charge < -0.3 is 0 Å². The molecular weight excluding hydrogens is 588 g/mol. The molecule has 0 atom stereocenters. The first kappa shape index (κ1) is 27.2. The van der Waals surface area contributed by atoms with Crippen LogP contribution in [0.2, 0.25) is 0 Å². The summed E-state index contributed by atoms with van der Waals surface area (Å²) >= 11 is 8.70. The first-order valence-corrected chi connectivity index (χ1v) is 16.6. The molecule has 2 nitrogen and oxygen atoms in total. The van der Waals surface area contributed by atoms with Crippen LogP contribution in [-0.4, -0.2) is 12.4 Å². The fraction of sp³-hybridized carbons (Fsp3) is 0.308. The minimum atomic E-state index is 0.0711. The summed E-state index contributed by atoms with van der Waals surface area (Å²) in [6.07, 6.45) is 3.91. The van der Waals surface area contributed by atoms with Crippen LogP contribution in [0.5, 0.6) is 0 Å². The molecule has 0 aliphatic carbocycles. The van der Waals surface area contributed by atoms with Gasteiger partial charge in [0.25, 0.3) is 0 Å². The number of benzene rings is 2. The van der Waals surface area contributed by atoms with E-state index in [1.807, 2.05) is 24.6 Å². The molecule has 0 radical (unpaired) electrons. The van der Waals surface area contributed by atoms with Crippen molar-refractivity contribution >= 4 is 63.4 Å². The van der Waals surface area contributed by atoms with Gasteiger partial charge in [-0.15, -0.1) is 11.3 Å². The van der Waals surface area contributed by atoms with Crippen LogP contribution < -0.4 is 0 Å². The van der Waals surface area contributed by atoms with Gasteiger partial charge in [0.1, 0.15) is 0 Å². The number of rotatable bonds is 4. The molecule has 3 aromatic rings. The van der Waals surface area contributed by atoms with E-state index in [2.05, 4.69) is 118 Å². The standard InChI is InChI=1S/C26H30N2S.2BrH.Fe/c1-25(2,3)21-11-7-9-13-23(21)27-17-19-15-16-20(29-19)18-28-24-14-10-8-12-22(24)26(4,5)6;;;/h7-18H,1-6H3;2*1H;/q;;;+2/p-2. The van der Waals surface area contributed by atoms with Crippen LogP contribution in [0.4, 0.5) is 11.4 Å². The molecule has 0 unspecified atom stereocenters. The molecule has 172 valence electrons. The fourth-order valence-electron chi connectivity index (χ4n) is 3.21. The molecule has 6 heteroatoms. The molecule has 2 aromatic carbocycles. The summed E-state index contributed by atoms with van der Waals surface area (Å²) in [5, 5.41) is 0. The molecule has 1 heterocycles. The molecule has 0 saturated carbocycles. The third kappa shape index (κ3) is 8.39. The Labute approximate surface area is 217 Å². The second-order valence-corrected chi connectivity index (χ2v) is 16.1. The van der Waals surface area contributed by atoms with Gasteiger partial charge in [-0.1, -0.05) is 77.9 Å². The van der Waals surface area contributed by atoms with E-state index in [0.29, 0.717) is 0 Å². The molecule has 0 N–H and O–H groups in total. The number of nitrogens with zero attached hydrogens (tertiary/aromatic N) is 2. The molecule has 0 aliphatic rings. The molecule has 0 bridgehead atoms. The van der Waals surface area contributed by atoms with Gasteiger partial charge in [-0.05, 0) is 46.2 Å². The van der Waals surface area contributed by atoms with Crippen LogP contribution >= 0.6 is 39.6 Å². The van der Waals surface area contributed by atoms with Gasteiger partial charge in [0.15, 0.2) is 0 Å². The third-order valence-corrected chi connectivity index (χ3v) is 5.69. The number of halogens is 2. The van der Waals surface area contributed by atoms with Gasteiger partial charge in [0.05, 0.1) is 11.4 Å². The van der Waals surface area contributed by atoms with Crippen molar-refractivity contribution in [3.05, 3.63) is 81.5 Å². The molecule has 0 aliphatic heterocycles. The van der Waals surface area contributed by atoms with Crippen molar-refractivity contribution in [2.24, 2.45) is 9.98 Å². The predicted molar refractivity (Wildman–Crippen MR) is 147 cm³/mol. The number of para-hydroxylation sites is 2. The Hall–Kier alpha value is -1.04. The first-order valence-electron chi connectivity index (χ1n) is 10.3. The van der Waals surface area contributed by atoms with Gasteiger partial charge >= 0.3 is 39.6 Å². The summed E-state index contributed by atoms with van der Waals surface area (Å²) in [4.78, 5) is 11.8. The van der Waals surface area contributed by atoms with Crippen molar-refractivity contribution in [2.45, 2.75) is 52.4 Å². The molecule has 0 amide bonds. The van der Waals surface area contributed by atoms with Crippen LogP contribution in [0, 0.1) is 0 Å². The third-order valence-electron chi connectivity index (χ3n) is 4.73. The van der Waals surface area contributed by atoms with Crippen molar-refractivity contribution in [3.63, 3.8) is 0 Å². The van der Waals surface area contributed by atoms with Crippen molar-refractivity contribution in [1.82, 2.24) is 0 Å². The molecule has 0 saturated heterocycles. The molecule has 32 heavy (non-hydrogen) atoms. The van der Waals surface area contributed by atoms with Crippen molar-refractivity contribution in [3.8, 4) is 0 Å². The maximum absolute atomic E-state index is 4.76. The van der Waals surface area contributed by atoms with Crippen LogP contribution in [-0.2, 0) is 22.2 Å². The van der Waals surface area contributed by atoms with E-state index < -0.39 is 0 Å². The molecule has 3 rings (SSSR count). The Morgan fingerprint density at radius 2 is 1.00 bits per heavy atom. The second kappa shape index (κ2) is 12.4. The predicted octanol–water partition coefficient (Wildman–Crippen LogP) is 9.53. The number of hydrogen-bond acceptors (Lipinski definition) is 3. The summed E-state index contributed by atoms with van der Waals surface area (Å²) in [5.74, 6) is 0. The Balaban J connectivity index is 0.00000114. The van der Waals surface area contributed by atoms with E-state index in [1.165, 1.54) is 11.1 Å². The van der Waals surface area contributed by atoms with E-state index in [0.717, 1.165) is 32.5 Å². The molecular formula is C26H30Br2FeN2S. The van der Waals surface area contributed by atoms with Gasteiger partial charge in [-0.25, -0.2) is 0 Å². The summed E-state index contributed by atoms with van der Waals surface area (Å²) < 4.78 is 0. The maximum atomic E-state index is 4.76. The summed E-state index contributed by atoms with van der Waals surface area (Å²) in [5.41, 5.74) is 4.72. The zero-order chi connectivity index (χ0) is 23.8. The summed E-state index contributed by atoms with van der Waals surface area (Å²) in [6.45, 7) is 13.3. The van der Waals surface area contributed by atoms with Crippen molar-refractivity contribution in [2.75, 3.05) is 0 Å². The van der Waals surface area contributed by atoms with E-state index in [4.69, 9.17) is 9.98 Å². The molecule has 1 aromatic heterocycles. The molecule has 0 spiro atoms. The van der Waals surface area contributed by atoms with Crippen LogP contribution in [0.1, 0.15) is 62.4 Å². The Bertz CT molecular complexity index is 978. The zero-order valence-electron chi connectivity index (χ0n) is 19.3. The van der Waals surface area contributed by atoms with Crippen LogP contribution in [0.15, 0.2) is 70.6 Å². The van der Waals surface area contributed by atoms with E-state index in [-0.39, 0.29) is 10.8 Å². The quantitative estimate of drug-likeness (QED) is 0.206. The van der Waals surface area contributed by atoms with Crippen LogP contribution in [0.25, 0.3) is 0 Å². The normalized spacial score (nSPS) is 12.4. The van der Waals surface area contributed by atoms with Gasteiger partial charge in [0.2, 0.25) is 0 Å². The Morgan fingerprint density at radius 3 is 1.34 bits per heavy atom. The number of thiophene rings is 1. The second-order valence-electron chi connectivity index (χ2n) is 9.34. The Morgan fingerprint density at radius 1 is 0.656 bits per heavy atom. The summed E-state index contributed by atoms with van der Waals surface area (Å²) in [6, 6.07) is 20.9. The topological polar surface area (TPSA) is 24.7 Å². The zero-order valence-corrected chi connectivity index (χ0v) is 24.4. The monoisotopic (exact) mass is 616 g/mol. The number of hydrogen-bond donors (Lipinski definition) is 0. The van der Waals surface area contributed by atoms with E-state index in [9.17, 15) is 0 Å². The van der Waals surface area contributed by atoms with Crippen molar-refractivity contribution in [1.29, 1.82) is 0 Å². The van der Waals surface area contributed by atoms with Gasteiger partial charge in [-0.3, -0.25) is 9.98 Å².